The van der Waals surface area contributed by atoms with E-state index < -0.39 is 22.9 Å². The molecule has 0 unspecified atom stereocenters. The quantitative estimate of drug-likeness (QED) is 0.740. The molecule has 1 aliphatic rings. The van der Waals surface area contributed by atoms with Crippen LogP contribution >= 0.6 is 0 Å². The number of hydrogen-bond donors (Lipinski definition) is 2. The molecule has 0 aromatic rings. The second-order valence-electron chi connectivity index (χ2n) is 5.84. The standard InChI is InChI=1S/C12H24F3N3O2S/c1-10(2)7-16-8-11-3-5-18(6-4-11)21(19,20)17-9-12(13,14)15/h10-11,16-17H,3-9H2,1-2H3. The Morgan fingerprint density at radius 2 is 1.81 bits per heavy atom. The molecule has 1 heterocycles. The zero-order valence-electron chi connectivity index (χ0n) is 12.4. The Hall–Kier alpha value is -0.380. The van der Waals surface area contributed by atoms with E-state index in [1.54, 1.807) is 4.72 Å². The number of rotatable bonds is 7. The van der Waals surface area contributed by atoms with Gasteiger partial charge in [0.2, 0.25) is 0 Å². The van der Waals surface area contributed by atoms with Crippen molar-refractivity contribution in [2.24, 2.45) is 11.8 Å². The van der Waals surface area contributed by atoms with Crippen molar-refractivity contribution in [2.75, 3.05) is 32.7 Å². The van der Waals surface area contributed by atoms with Crippen molar-refractivity contribution in [1.82, 2.24) is 14.3 Å². The van der Waals surface area contributed by atoms with Crippen LogP contribution < -0.4 is 10.0 Å². The molecule has 1 fully saturated rings. The van der Waals surface area contributed by atoms with E-state index in [4.69, 9.17) is 0 Å². The van der Waals surface area contributed by atoms with E-state index in [-0.39, 0.29) is 13.1 Å². The van der Waals surface area contributed by atoms with Crippen molar-refractivity contribution in [3.8, 4) is 0 Å². The molecule has 0 aliphatic carbocycles. The molecule has 21 heavy (non-hydrogen) atoms. The molecule has 5 nitrogen and oxygen atoms in total. The third-order valence-electron chi connectivity index (χ3n) is 3.35. The summed E-state index contributed by atoms with van der Waals surface area (Å²) < 4.78 is 62.4. The normalized spacial score (nSPS) is 19.3. The summed E-state index contributed by atoms with van der Waals surface area (Å²) in [5.41, 5.74) is 0. The van der Waals surface area contributed by atoms with Crippen LogP contribution in [0.5, 0.6) is 0 Å². The molecule has 0 bridgehead atoms. The summed E-state index contributed by atoms with van der Waals surface area (Å²) in [6, 6.07) is 0. The van der Waals surface area contributed by atoms with Gasteiger partial charge in [-0.2, -0.15) is 30.6 Å². The maximum absolute atomic E-state index is 12.1. The van der Waals surface area contributed by atoms with Gasteiger partial charge in [-0.15, -0.1) is 0 Å². The van der Waals surface area contributed by atoms with E-state index >= 15 is 0 Å². The molecule has 126 valence electrons. The first-order chi connectivity index (χ1) is 9.60. The van der Waals surface area contributed by atoms with Crippen LogP contribution in [0.3, 0.4) is 0 Å². The zero-order chi connectivity index (χ0) is 16.1. The molecule has 0 atom stereocenters. The van der Waals surface area contributed by atoms with Crippen molar-refractivity contribution in [2.45, 2.75) is 32.9 Å². The lowest BCUT2D eigenvalue weighted by atomic mass is 9.98. The minimum Gasteiger partial charge on any atom is -0.316 e. The van der Waals surface area contributed by atoms with Gasteiger partial charge in [0.1, 0.15) is 6.54 Å². The summed E-state index contributed by atoms with van der Waals surface area (Å²) in [5.74, 6) is 0.926. The zero-order valence-corrected chi connectivity index (χ0v) is 13.2. The Labute approximate surface area is 124 Å². The summed E-state index contributed by atoms with van der Waals surface area (Å²) >= 11 is 0. The van der Waals surface area contributed by atoms with Gasteiger partial charge in [0, 0.05) is 13.1 Å². The molecule has 1 aliphatic heterocycles. The Morgan fingerprint density at radius 1 is 1.24 bits per heavy atom. The molecule has 0 spiro atoms. The summed E-state index contributed by atoms with van der Waals surface area (Å²) in [7, 11) is -4.03. The van der Waals surface area contributed by atoms with Crippen molar-refractivity contribution >= 4 is 10.2 Å². The number of hydrogen-bond acceptors (Lipinski definition) is 3. The van der Waals surface area contributed by atoms with Crippen molar-refractivity contribution in [3.05, 3.63) is 0 Å². The predicted molar refractivity (Wildman–Crippen MR) is 75.0 cm³/mol. The van der Waals surface area contributed by atoms with Gasteiger partial charge < -0.3 is 5.32 Å². The summed E-state index contributed by atoms with van der Waals surface area (Å²) in [4.78, 5) is 0. The number of halogens is 3. The first-order valence-electron chi connectivity index (χ1n) is 7.12. The molecule has 2 N–H and O–H groups in total. The van der Waals surface area contributed by atoms with Gasteiger partial charge in [0.05, 0.1) is 0 Å². The Kier molecular flexibility index (Phi) is 6.89. The highest BCUT2D eigenvalue weighted by Gasteiger charge is 2.33. The van der Waals surface area contributed by atoms with E-state index in [1.165, 1.54) is 0 Å². The fraction of sp³-hybridized carbons (Fsp3) is 1.00. The minimum atomic E-state index is -4.54. The van der Waals surface area contributed by atoms with Crippen LogP contribution in [-0.2, 0) is 10.2 Å². The van der Waals surface area contributed by atoms with Crippen molar-refractivity contribution in [3.63, 3.8) is 0 Å². The van der Waals surface area contributed by atoms with Gasteiger partial charge in [-0.05, 0) is 37.8 Å². The van der Waals surface area contributed by atoms with E-state index in [9.17, 15) is 21.6 Å². The molecule has 0 aromatic heterocycles. The monoisotopic (exact) mass is 331 g/mol. The van der Waals surface area contributed by atoms with Gasteiger partial charge in [0.25, 0.3) is 10.2 Å². The lowest BCUT2D eigenvalue weighted by Gasteiger charge is -2.31. The number of nitrogens with one attached hydrogen (secondary N) is 2. The van der Waals surface area contributed by atoms with Gasteiger partial charge in [-0.25, -0.2) is 0 Å². The van der Waals surface area contributed by atoms with Crippen LogP contribution in [0.1, 0.15) is 26.7 Å². The Morgan fingerprint density at radius 3 is 2.29 bits per heavy atom. The maximum atomic E-state index is 12.1. The van der Waals surface area contributed by atoms with Crippen LogP contribution in [0.25, 0.3) is 0 Å². The van der Waals surface area contributed by atoms with Crippen molar-refractivity contribution < 1.29 is 21.6 Å². The molecule has 0 radical (unpaired) electrons. The summed E-state index contributed by atoms with van der Waals surface area (Å²) in [5, 5.41) is 3.32. The lowest BCUT2D eigenvalue weighted by Crippen LogP contribution is -2.48. The first-order valence-corrected chi connectivity index (χ1v) is 8.56. The highest BCUT2D eigenvalue weighted by molar-refractivity contribution is 7.87. The number of nitrogens with zero attached hydrogens (tertiary/aromatic N) is 1. The highest BCUT2D eigenvalue weighted by Crippen LogP contribution is 2.19. The Bertz CT molecular complexity index is 404. The molecule has 0 aromatic carbocycles. The predicted octanol–water partition coefficient (Wildman–Crippen LogP) is 1.34. The van der Waals surface area contributed by atoms with E-state index in [1.807, 2.05) is 0 Å². The van der Waals surface area contributed by atoms with Gasteiger partial charge in [-0.1, -0.05) is 13.8 Å². The third-order valence-corrected chi connectivity index (χ3v) is 4.91. The molecule has 0 saturated carbocycles. The molecule has 0 amide bonds. The van der Waals surface area contributed by atoms with Crippen LogP contribution in [0.2, 0.25) is 0 Å². The second-order valence-corrected chi connectivity index (χ2v) is 7.59. The third kappa shape index (κ3) is 7.44. The molecule has 1 saturated heterocycles. The molecule has 1 rings (SSSR count). The average Bonchev–Trinajstić information content (AvgIpc) is 2.36. The molecular weight excluding hydrogens is 307 g/mol. The number of piperidine rings is 1. The van der Waals surface area contributed by atoms with E-state index in [2.05, 4.69) is 19.2 Å². The molecular formula is C12H24F3N3O2S. The lowest BCUT2D eigenvalue weighted by molar-refractivity contribution is -0.121. The largest absolute Gasteiger partial charge is 0.402 e. The van der Waals surface area contributed by atoms with Crippen LogP contribution in [0.15, 0.2) is 0 Å². The average molecular weight is 331 g/mol. The highest BCUT2D eigenvalue weighted by atomic mass is 32.2. The van der Waals surface area contributed by atoms with Crippen molar-refractivity contribution in [1.29, 1.82) is 0 Å². The Balaban J connectivity index is 2.34. The topological polar surface area (TPSA) is 61.4 Å². The van der Waals surface area contributed by atoms with Gasteiger partial charge >= 0.3 is 6.18 Å². The van der Waals surface area contributed by atoms with E-state index in [0.29, 0.717) is 24.7 Å². The van der Waals surface area contributed by atoms with Gasteiger partial charge in [0.15, 0.2) is 0 Å². The summed E-state index contributed by atoms with van der Waals surface area (Å²) in [6.45, 7) is 4.95. The van der Waals surface area contributed by atoms with Crippen LogP contribution in [-0.4, -0.2) is 51.6 Å². The first kappa shape index (κ1) is 18.7. The SMILES string of the molecule is CC(C)CNCC1CCN(S(=O)(=O)NCC(F)(F)F)CC1. The fourth-order valence-corrected chi connectivity index (χ4v) is 3.41. The smallest absolute Gasteiger partial charge is 0.316 e. The van der Waals surface area contributed by atoms with Gasteiger partial charge in [-0.3, -0.25) is 0 Å². The fourth-order valence-electron chi connectivity index (χ4n) is 2.19. The van der Waals surface area contributed by atoms with Crippen LogP contribution in [0, 0.1) is 11.8 Å². The summed E-state index contributed by atoms with van der Waals surface area (Å²) in [6.07, 6.45) is -3.21. The number of alkyl halides is 3. The van der Waals surface area contributed by atoms with E-state index in [0.717, 1.165) is 17.4 Å². The second kappa shape index (κ2) is 7.75. The minimum absolute atomic E-state index is 0.265. The van der Waals surface area contributed by atoms with Crippen LogP contribution in [0.4, 0.5) is 13.2 Å². The molecule has 9 heteroatoms. The maximum Gasteiger partial charge on any atom is 0.402 e.